The minimum absolute atomic E-state index is 0.662. The molecule has 0 spiro atoms. The smallest absolute Gasteiger partial charge is 0.235 e. The predicted molar refractivity (Wildman–Crippen MR) is 398 cm³/mol. The highest BCUT2D eigenvalue weighted by molar-refractivity contribution is 6.22. The number of nitrogens with zero attached hydrogens (tertiary/aromatic N) is 8. The molecule has 0 bridgehead atoms. The molecule has 20 aromatic rings. The first-order valence-corrected chi connectivity index (χ1v) is 32.5. The second kappa shape index (κ2) is 22.4. The summed E-state index contributed by atoms with van der Waals surface area (Å²) in [6.45, 7) is 0. The van der Waals surface area contributed by atoms with Crippen LogP contribution in [0.3, 0.4) is 0 Å². The van der Waals surface area contributed by atoms with Crippen LogP contribution >= 0.6 is 0 Å². The zero-order valence-corrected chi connectivity index (χ0v) is 51.9. The number of hydrogen-bond donors (Lipinski definition) is 0. The number of hydrogen-bond acceptors (Lipinski definition) is 4. The van der Waals surface area contributed by atoms with Crippen molar-refractivity contribution >= 4 is 109 Å². The Hall–Kier alpha value is -13.0. The Morgan fingerprint density at radius 1 is 0.208 bits per heavy atom. The lowest BCUT2D eigenvalue weighted by molar-refractivity contribution is 1.01. The van der Waals surface area contributed by atoms with Crippen LogP contribution in [0, 0.1) is 0 Å². The summed E-state index contributed by atoms with van der Waals surface area (Å²) in [6, 6.07) is 116. The molecule has 0 atom stereocenters. The van der Waals surface area contributed by atoms with Crippen LogP contribution in [-0.4, -0.2) is 38.2 Å². The van der Waals surface area contributed by atoms with Gasteiger partial charge in [0.15, 0.2) is 0 Å². The average Bonchev–Trinajstić information content (AvgIpc) is 1.56. The second-order valence-corrected chi connectivity index (χ2v) is 24.6. The van der Waals surface area contributed by atoms with Gasteiger partial charge in [-0.2, -0.15) is 0 Å². The fraction of sp³-hybridized carbons (Fsp3) is 0. The lowest BCUT2D eigenvalue weighted by Gasteiger charge is -2.13. The van der Waals surface area contributed by atoms with Gasteiger partial charge in [0.05, 0.1) is 55.5 Å². The van der Waals surface area contributed by atoms with Crippen LogP contribution < -0.4 is 0 Å². The van der Waals surface area contributed by atoms with Crippen LogP contribution in [0.25, 0.3) is 177 Å². The van der Waals surface area contributed by atoms with Crippen molar-refractivity contribution in [3.05, 3.63) is 340 Å². The molecule has 0 N–H and O–H groups in total. The van der Waals surface area contributed by atoms with Crippen LogP contribution in [0.1, 0.15) is 0 Å². The Balaban J connectivity index is 0.000000135. The molecule has 0 aliphatic carbocycles. The fourth-order valence-electron chi connectivity index (χ4n) is 14.6. The molecule has 0 aliphatic rings. The van der Waals surface area contributed by atoms with E-state index in [1.54, 1.807) is 0 Å². The van der Waals surface area contributed by atoms with Gasteiger partial charge >= 0.3 is 0 Å². The molecule has 0 radical (unpaired) electrons. The van der Waals surface area contributed by atoms with Crippen LogP contribution in [0.15, 0.2) is 340 Å². The monoisotopic (exact) mass is 1220 g/mol. The van der Waals surface area contributed by atoms with Crippen molar-refractivity contribution in [2.45, 2.75) is 0 Å². The molecule has 0 unspecified atom stereocenters. The Morgan fingerprint density at radius 2 is 0.562 bits per heavy atom. The van der Waals surface area contributed by atoms with Crippen molar-refractivity contribution in [1.29, 1.82) is 0 Å². The van der Waals surface area contributed by atoms with Gasteiger partial charge < -0.3 is 9.13 Å². The summed E-state index contributed by atoms with van der Waals surface area (Å²) in [7, 11) is 0. The average molecular weight is 1230 g/mol. The summed E-state index contributed by atoms with van der Waals surface area (Å²) in [5, 5.41) is 14.1. The first-order chi connectivity index (χ1) is 47.6. The summed E-state index contributed by atoms with van der Waals surface area (Å²) < 4.78 is 8.97. The maximum atomic E-state index is 5.37. The third-order valence-electron chi connectivity index (χ3n) is 19.1. The van der Waals surface area contributed by atoms with Crippen molar-refractivity contribution in [1.82, 2.24) is 38.2 Å². The number of aromatic nitrogens is 8. The van der Waals surface area contributed by atoms with E-state index in [2.05, 4.69) is 352 Å². The lowest BCUT2D eigenvalue weighted by Crippen LogP contribution is -2.03. The molecule has 20 rings (SSSR count). The lowest BCUT2D eigenvalue weighted by atomic mass is 9.98. The Bertz CT molecular complexity index is 6440. The molecule has 0 fully saturated rings. The minimum Gasteiger partial charge on any atom is -0.317 e. The van der Waals surface area contributed by atoms with Crippen LogP contribution in [0.4, 0.5) is 0 Å². The third kappa shape index (κ3) is 9.06. The minimum atomic E-state index is 0.662. The maximum absolute atomic E-state index is 5.37. The first kappa shape index (κ1) is 54.7. The Kier molecular flexibility index (Phi) is 12.7. The Morgan fingerprint density at radius 3 is 1.09 bits per heavy atom. The normalized spacial score (nSPS) is 11.8. The molecule has 8 nitrogen and oxygen atoms in total. The third-order valence-corrected chi connectivity index (χ3v) is 19.1. The van der Waals surface area contributed by atoms with Gasteiger partial charge in [-0.25, -0.2) is 19.9 Å². The van der Waals surface area contributed by atoms with E-state index < -0.39 is 0 Å². The molecule has 14 aromatic carbocycles. The molecular weight excluding hydrogens is 1170 g/mol. The molecule has 0 amide bonds. The molecule has 8 heteroatoms. The van der Waals surface area contributed by atoms with Gasteiger partial charge in [0.1, 0.15) is 0 Å². The first-order valence-electron chi connectivity index (χ1n) is 32.5. The second-order valence-electron chi connectivity index (χ2n) is 24.6. The molecule has 0 saturated heterocycles. The van der Waals surface area contributed by atoms with Gasteiger partial charge in [-0.3, -0.25) is 9.13 Å². The highest BCUT2D eigenvalue weighted by atomic mass is 15.2. The van der Waals surface area contributed by atoms with E-state index >= 15 is 0 Å². The van der Waals surface area contributed by atoms with E-state index in [1.165, 1.54) is 87.1 Å². The molecule has 0 saturated carbocycles. The number of fused-ring (bicyclic) bond motifs is 14. The van der Waals surface area contributed by atoms with Crippen molar-refractivity contribution in [2.24, 2.45) is 0 Å². The van der Waals surface area contributed by atoms with E-state index in [0.717, 1.165) is 77.8 Å². The quantitative estimate of drug-likeness (QED) is 0.152. The zero-order chi connectivity index (χ0) is 63.2. The van der Waals surface area contributed by atoms with E-state index in [1.807, 2.05) is 6.07 Å². The van der Waals surface area contributed by atoms with Crippen molar-refractivity contribution in [2.75, 3.05) is 0 Å². The summed E-state index contributed by atoms with van der Waals surface area (Å²) in [5.74, 6) is 1.33. The highest BCUT2D eigenvalue weighted by Gasteiger charge is 2.23. The summed E-state index contributed by atoms with van der Waals surface area (Å²) in [6.07, 6.45) is 4.33. The Labute approximate surface area is 551 Å². The van der Waals surface area contributed by atoms with Gasteiger partial charge in [0.2, 0.25) is 11.9 Å². The highest BCUT2D eigenvalue weighted by Crippen LogP contribution is 2.42. The SMILES string of the molecule is c1ccc(-c2ccc3cc(-c4nc(-n5c6ccccc6c6c7ccn(-c8ccccc8)c7ccc65)nc5ccccc45)ccc3c2)cc1.c1ccc(-n2ccc3c4c5ccccc5n(-c5nc(-c6ccc(-c7ccc8ccccc8c7)cc6)c6ccccc6n5)c4ccc32)cc1. The van der Waals surface area contributed by atoms with Crippen LogP contribution in [0.2, 0.25) is 0 Å². The molecule has 448 valence electrons. The maximum Gasteiger partial charge on any atom is 0.235 e. The van der Waals surface area contributed by atoms with Crippen molar-refractivity contribution < 1.29 is 0 Å². The van der Waals surface area contributed by atoms with Crippen molar-refractivity contribution in [3.8, 4) is 68.0 Å². The molecular formula is C88H56N8. The van der Waals surface area contributed by atoms with Gasteiger partial charge in [-0.1, -0.05) is 224 Å². The van der Waals surface area contributed by atoms with Gasteiger partial charge in [-0.05, 0) is 147 Å². The summed E-state index contributed by atoms with van der Waals surface area (Å²) in [4.78, 5) is 21.1. The zero-order valence-electron chi connectivity index (χ0n) is 51.9. The number of rotatable bonds is 8. The molecule has 0 aliphatic heterocycles. The molecule has 6 heterocycles. The predicted octanol–water partition coefficient (Wildman–Crippen LogP) is 22.3. The van der Waals surface area contributed by atoms with E-state index in [-0.39, 0.29) is 0 Å². The van der Waals surface area contributed by atoms with E-state index in [9.17, 15) is 0 Å². The van der Waals surface area contributed by atoms with E-state index in [4.69, 9.17) is 19.9 Å². The number of benzene rings is 14. The molecule has 6 aromatic heterocycles. The van der Waals surface area contributed by atoms with Crippen molar-refractivity contribution in [3.63, 3.8) is 0 Å². The topological polar surface area (TPSA) is 71.3 Å². The van der Waals surface area contributed by atoms with E-state index in [0.29, 0.717) is 11.9 Å². The fourth-order valence-corrected chi connectivity index (χ4v) is 14.6. The number of para-hydroxylation sites is 6. The summed E-state index contributed by atoms with van der Waals surface area (Å²) in [5.41, 5.74) is 19.6. The van der Waals surface area contributed by atoms with Gasteiger partial charge in [-0.15, -0.1) is 0 Å². The van der Waals surface area contributed by atoms with Crippen LogP contribution in [-0.2, 0) is 0 Å². The van der Waals surface area contributed by atoms with Crippen LogP contribution in [0.5, 0.6) is 0 Å². The summed E-state index contributed by atoms with van der Waals surface area (Å²) >= 11 is 0. The van der Waals surface area contributed by atoms with Gasteiger partial charge in [0.25, 0.3) is 0 Å². The largest absolute Gasteiger partial charge is 0.317 e. The van der Waals surface area contributed by atoms with Gasteiger partial charge in [0, 0.05) is 78.0 Å². The molecule has 96 heavy (non-hydrogen) atoms. The standard InChI is InChI=1S/2C44H28N4/c1-3-11-29(12-4-1)30-19-20-32-28-33(22-21-31(32)27-30)43-35-15-7-9-17-38(35)45-44(46-43)48-40-18-10-8-16-36(40)42-37-25-26-47(34-13-5-2-6-14-34)39(37)23-24-41(42)48;1-2-12-34(13-3-1)47-27-26-37-39(47)24-25-41-42(37)36-15-7-9-17-40(36)48(41)44-45-38-16-8-6-14-35(38)43(46-44)31-21-18-30(19-22-31)33-23-20-29-10-4-5-11-32(29)28-33/h2*1-28H.